The Morgan fingerprint density at radius 2 is 1.90 bits per heavy atom. The fourth-order valence-electron chi connectivity index (χ4n) is 2.63. The van der Waals surface area contributed by atoms with Gasteiger partial charge in [0, 0.05) is 17.7 Å². The van der Waals surface area contributed by atoms with E-state index in [-0.39, 0.29) is 12.3 Å². The number of nitro benzene ring substituents is 1. The van der Waals surface area contributed by atoms with Crippen LogP contribution in [0.25, 0.3) is 0 Å². The summed E-state index contributed by atoms with van der Waals surface area (Å²) in [5, 5.41) is 24.0. The largest absolute Gasteiger partial charge is 0.493 e. The molecule has 0 amide bonds. The topological polar surface area (TPSA) is 110 Å². The highest BCUT2D eigenvalue weighted by Gasteiger charge is 2.08. The number of hydrazone groups is 1. The standard InChI is InChI=1S/C22H18N4O4/c1-29-22-12-16(14-24-25-19-7-9-20(10-8-19)26(27)28)6-11-21(22)30-15-18-5-3-2-4-17(18)13-23/h2-12,14,25H,15H2,1H3/b24-14-. The molecule has 0 bridgehead atoms. The molecular formula is C22H18N4O4. The smallest absolute Gasteiger partial charge is 0.269 e. The van der Waals surface area contributed by atoms with Gasteiger partial charge in [0.2, 0.25) is 0 Å². The molecule has 0 saturated heterocycles. The first kappa shape index (κ1) is 20.4. The monoisotopic (exact) mass is 402 g/mol. The molecule has 0 heterocycles. The van der Waals surface area contributed by atoms with Gasteiger partial charge in [-0.05, 0) is 42.0 Å². The van der Waals surface area contributed by atoms with Crippen LogP contribution in [0, 0.1) is 21.4 Å². The van der Waals surface area contributed by atoms with E-state index < -0.39 is 4.92 Å². The molecule has 150 valence electrons. The van der Waals surface area contributed by atoms with E-state index >= 15 is 0 Å². The number of benzene rings is 3. The van der Waals surface area contributed by atoms with Crippen molar-refractivity contribution in [2.24, 2.45) is 5.10 Å². The van der Waals surface area contributed by atoms with Crippen molar-refractivity contribution in [3.8, 4) is 17.6 Å². The molecule has 0 atom stereocenters. The number of nitriles is 1. The summed E-state index contributed by atoms with van der Waals surface area (Å²) >= 11 is 0. The van der Waals surface area contributed by atoms with E-state index in [1.807, 2.05) is 24.3 Å². The molecule has 30 heavy (non-hydrogen) atoms. The Labute approximate surface area is 173 Å². The third-order valence-electron chi connectivity index (χ3n) is 4.19. The molecule has 0 aromatic heterocycles. The summed E-state index contributed by atoms with van der Waals surface area (Å²) in [5.41, 5.74) is 5.58. The number of ether oxygens (including phenoxy) is 2. The lowest BCUT2D eigenvalue weighted by molar-refractivity contribution is -0.384. The molecule has 1 N–H and O–H groups in total. The molecule has 0 saturated carbocycles. The number of methoxy groups -OCH3 is 1. The van der Waals surface area contributed by atoms with Crippen molar-refractivity contribution in [2.75, 3.05) is 12.5 Å². The van der Waals surface area contributed by atoms with Gasteiger partial charge in [-0.1, -0.05) is 18.2 Å². The number of hydrogen-bond acceptors (Lipinski definition) is 7. The van der Waals surface area contributed by atoms with Gasteiger partial charge >= 0.3 is 0 Å². The average Bonchev–Trinajstić information content (AvgIpc) is 2.78. The zero-order chi connectivity index (χ0) is 21.3. The maximum absolute atomic E-state index is 10.7. The number of hydrogen-bond donors (Lipinski definition) is 1. The minimum atomic E-state index is -0.456. The van der Waals surface area contributed by atoms with Crippen LogP contribution in [0.5, 0.6) is 11.5 Å². The van der Waals surface area contributed by atoms with Gasteiger partial charge in [0.25, 0.3) is 5.69 Å². The Morgan fingerprint density at radius 3 is 2.60 bits per heavy atom. The summed E-state index contributed by atoms with van der Waals surface area (Å²) in [6.07, 6.45) is 1.60. The quantitative estimate of drug-likeness (QED) is 0.337. The van der Waals surface area contributed by atoms with Gasteiger partial charge in [-0.2, -0.15) is 10.4 Å². The molecule has 0 unspecified atom stereocenters. The van der Waals surface area contributed by atoms with E-state index in [1.54, 1.807) is 43.7 Å². The van der Waals surface area contributed by atoms with E-state index in [9.17, 15) is 15.4 Å². The fraction of sp³-hybridized carbons (Fsp3) is 0.0909. The van der Waals surface area contributed by atoms with Crippen LogP contribution in [-0.2, 0) is 6.61 Å². The van der Waals surface area contributed by atoms with Crippen molar-refractivity contribution in [2.45, 2.75) is 6.61 Å². The fourth-order valence-corrected chi connectivity index (χ4v) is 2.63. The number of anilines is 1. The maximum Gasteiger partial charge on any atom is 0.269 e. The van der Waals surface area contributed by atoms with Crippen molar-refractivity contribution >= 4 is 17.6 Å². The first-order valence-corrected chi connectivity index (χ1v) is 8.93. The molecule has 0 aliphatic carbocycles. The number of nitrogens with one attached hydrogen (secondary N) is 1. The van der Waals surface area contributed by atoms with Crippen LogP contribution in [0.3, 0.4) is 0 Å². The second-order valence-electron chi connectivity index (χ2n) is 6.14. The second kappa shape index (κ2) is 9.71. The van der Waals surface area contributed by atoms with Crippen molar-refractivity contribution in [1.29, 1.82) is 5.26 Å². The summed E-state index contributed by atoms with van der Waals surface area (Å²) < 4.78 is 11.2. The van der Waals surface area contributed by atoms with E-state index in [2.05, 4.69) is 16.6 Å². The summed E-state index contributed by atoms with van der Waals surface area (Å²) in [6.45, 7) is 0.245. The molecule has 0 aliphatic rings. The molecule has 3 aromatic carbocycles. The van der Waals surface area contributed by atoms with Crippen molar-refractivity contribution in [3.63, 3.8) is 0 Å². The number of nitro groups is 1. The normalized spacial score (nSPS) is 10.4. The molecule has 0 spiro atoms. The Kier molecular flexibility index (Phi) is 6.59. The van der Waals surface area contributed by atoms with Crippen LogP contribution >= 0.6 is 0 Å². The number of nitrogens with zero attached hydrogens (tertiary/aromatic N) is 3. The van der Waals surface area contributed by atoms with E-state index in [0.29, 0.717) is 22.7 Å². The minimum Gasteiger partial charge on any atom is -0.493 e. The Hall–Kier alpha value is -4.38. The molecule has 3 aromatic rings. The van der Waals surface area contributed by atoms with Crippen LogP contribution in [-0.4, -0.2) is 18.2 Å². The predicted molar refractivity (Wildman–Crippen MR) is 113 cm³/mol. The summed E-state index contributed by atoms with van der Waals surface area (Å²) in [7, 11) is 1.54. The van der Waals surface area contributed by atoms with Gasteiger partial charge in [0.05, 0.1) is 35.6 Å². The summed E-state index contributed by atoms with van der Waals surface area (Å²) in [6, 6.07) is 20.7. The van der Waals surface area contributed by atoms with Gasteiger partial charge in [-0.15, -0.1) is 0 Å². The van der Waals surface area contributed by atoms with Gasteiger partial charge < -0.3 is 9.47 Å². The van der Waals surface area contributed by atoms with Gasteiger partial charge in [0.15, 0.2) is 11.5 Å². The van der Waals surface area contributed by atoms with E-state index in [1.165, 1.54) is 12.1 Å². The summed E-state index contributed by atoms with van der Waals surface area (Å²) in [4.78, 5) is 10.2. The third-order valence-corrected chi connectivity index (χ3v) is 4.19. The van der Waals surface area contributed by atoms with E-state index in [0.717, 1.165) is 11.1 Å². The maximum atomic E-state index is 10.7. The molecule has 3 rings (SSSR count). The van der Waals surface area contributed by atoms with Crippen LogP contribution in [0.2, 0.25) is 0 Å². The van der Waals surface area contributed by atoms with Gasteiger partial charge in [-0.3, -0.25) is 15.5 Å². The molecule has 8 heteroatoms. The SMILES string of the molecule is COc1cc(/C=N\Nc2ccc([N+](=O)[O-])cc2)ccc1OCc1ccccc1C#N. The third kappa shape index (κ3) is 5.11. The first-order chi connectivity index (χ1) is 14.6. The van der Waals surface area contributed by atoms with Crippen molar-refractivity contribution < 1.29 is 14.4 Å². The average molecular weight is 402 g/mol. The molecule has 0 radical (unpaired) electrons. The molecule has 0 aliphatic heterocycles. The van der Waals surface area contributed by atoms with Gasteiger partial charge in [0.1, 0.15) is 6.61 Å². The summed E-state index contributed by atoms with van der Waals surface area (Å²) in [5.74, 6) is 1.08. The lowest BCUT2D eigenvalue weighted by Crippen LogP contribution is -2.00. The minimum absolute atomic E-state index is 0.0160. The lowest BCUT2D eigenvalue weighted by Gasteiger charge is -2.12. The second-order valence-corrected chi connectivity index (χ2v) is 6.14. The number of non-ortho nitro benzene ring substituents is 1. The molecule has 8 nitrogen and oxygen atoms in total. The first-order valence-electron chi connectivity index (χ1n) is 8.93. The Bertz CT molecular complexity index is 1100. The van der Waals surface area contributed by atoms with Crippen molar-refractivity contribution in [1.82, 2.24) is 0 Å². The Morgan fingerprint density at radius 1 is 1.13 bits per heavy atom. The zero-order valence-corrected chi connectivity index (χ0v) is 16.1. The van der Waals surface area contributed by atoms with Crippen molar-refractivity contribution in [3.05, 3.63) is 93.5 Å². The molecule has 0 fully saturated rings. The van der Waals surface area contributed by atoms with Crippen LogP contribution < -0.4 is 14.9 Å². The van der Waals surface area contributed by atoms with Crippen LogP contribution in [0.1, 0.15) is 16.7 Å². The van der Waals surface area contributed by atoms with Gasteiger partial charge in [-0.25, -0.2) is 0 Å². The highest BCUT2D eigenvalue weighted by Crippen LogP contribution is 2.28. The van der Waals surface area contributed by atoms with E-state index in [4.69, 9.17) is 9.47 Å². The molecular weight excluding hydrogens is 384 g/mol. The van der Waals surface area contributed by atoms with Crippen LogP contribution in [0.15, 0.2) is 71.8 Å². The predicted octanol–water partition coefficient (Wildman–Crippen LogP) is 4.50. The highest BCUT2D eigenvalue weighted by molar-refractivity contribution is 5.81. The van der Waals surface area contributed by atoms with Crippen LogP contribution in [0.4, 0.5) is 11.4 Å². The highest BCUT2D eigenvalue weighted by atomic mass is 16.6. The zero-order valence-electron chi connectivity index (χ0n) is 16.1. The lowest BCUT2D eigenvalue weighted by atomic mass is 10.1. The number of rotatable bonds is 8. The Balaban J connectivity index is 1.65.